The standard InChI is InChI=1S/C12H18BrFN2O2S/c1-8(2)3-4-16-19(17,18)11-6-10(13)5-9(7-15)12(11)14/h5-6,8,16H,3-4,7,15H2,1-2H3. The molecule has 3 N–H and O–H groups in total. The maximum absolute atomic E-state index is 14.0. The molecule has 0 heterocycles. The Balaban J connectivity index is 3.04. The van der Waals surface area contributed by atoms with Crippen molar-refractivity contribution in [1.29, 1.82) is 0 Å². The zero-order valence-electron chi connectivity index (χ0n) is 10.9. The number of nitrogens with two attached hydrogens (primary N) is 1. The average molecular weight is 353 g/mol. The van der Waals surface area contributed by atoms with Gasteiger partial charge in [0, 0.05) is 23.1 Å². The highest BCUT2D eigenvalue weighted by atomic mass is 79.9. The number of rotatable bonds is 6. The van der Waals surface area contributed by atoms with Gasteiger partial charge < -0.3 is 5.73 Å². The summed E-state index contributed by atoms with van der Waals surface area (Å²) in [5.41, 5.74) is 5.56. The van der Waals surface area contributed by atoms with E-state index in [1.54, 1.807) is 0 Å². The fourth-order valence-electron chi connectivity index (χ4n) is 1.52. The van der Waals surface area contributed by atoms with Crippen molar-refractivity contribution in [3.8, 4) is 0 Å². The van der Waals surface area contributed by atoms with Gasteiger partial charge in [-0.25, -0.2) is 17.5 Å². The monoisotopic (exact) mass is 352 g/mol. The summed E-state index contributed by atoms with van der Waals surface area (Å²) >= 11 is 3.16. The van der Waals surface area contributed by atoms with Gasteiger partial charge in [0.05, 0.1) is 0 Å². The molecule has 1 aromatic rings. The quantitative estimate of drug-likeness (QED) is 0.825. The van der Waals surface area contributed by atoms with Crippen LogP contribution in [0, 0.1) is 11.7 Å². The summed E-state index contributed by atoms with van der Waals surface area (Å²) < 4.78 is 41.0. The van der Waals surface area contributed by atoms with E-state index in [0.29, 0.717) is 16.8 Å². The molecule has 0 fully saturated rings. The van der Waals surface area contributed by atoms with E-state index in [0.717, 1.165) is 0 Å². The highest BCUT2D eigenvalue weighted by Crippen LogP contribution is 2.23. The van der Waals surface area contributed by atoms with Crippen molar-refractivity contribution in [2.45, 2.75) is 31.7 Å². The van der Waals surface area contributed by atoms with Gasteiger partial charge in [0.25, 0.3) is 0 Å². The molecule has 0 unspecified atom stereocenters. The Labute approximate surface area is 121 Å². The maximum atomic E-state index is 14.0. The molecule has 0 saturated carbocycles. The predicted octanol–water partition coefficient (Wildman–Crippen LogP) is 2.37. The van der Waals surface area contributed by atoms with Crippen LogP contribution < -0.4 is 10.5 Å². The van der Waals surface area contributed by atoms with Crippen LogP contribution in [-0.2, 0) is 16.6 Å². The van der Waals surface area contributed by atoms with Gasteiger partial charge in [-0.2, -0.15) is 0 Å². The number of hydrogen-bond acceptors (Lipinski definition) is 3. The van der Waals surface area contributed by atoms with E-state index in [4.69, 9.17) is 5.73 Å². The largest absolute Gasteiger partial charge is 0.326 e. The van der Waals surface area contributed by atoms with Gasteiger partial charge in [0.2, 0.25) is 10.0 Å². The molecule has 0 aromatic heterocycles. The molecular formula is C12H18BrFN2O2S. The first-order chi connectivity index (χ1) is 8.77. The molecule has 1 aromatic carbocycles. The lowest BCUT2D eigenvalue weighted by Gasteiger charge is -2.11. The van der Waals surface area contributed by atoms with Gasteiger partial charge in [0.1, 0.15) is 10.7 Å². The Bertz CT molecular complexity index is 547. The van der Waals surface area contributed by atoms with E-state index in [1.807, 2.05) is 13.8 Å². The molecule has 0 aliphatic rings. The molecule has 0 aliphatic heterocycles. The molecule has 0 aliphatic carbocycles. The van der Waals surface area contributed by atoms with Crippen molar-refractivity contribution < 1.29 is 12.8 Å². The van der Waals surface area contributed by atoms with Crippen LogP contribution in [0.2, 0.25) is 0 Å². The Hall–Kier alpha value is -0.500. The SMILES string of the molecule is CC(C)CCNS(=O)(=O)c1cc(Br)cc(CN)c1F. The molecule has 4 nitrogen and oxygen atoms in total. The van der Waals surface area contributed by atoms with Gasteiger partial charge in [-0.3, -0.25) is 0 Å². The Morgan fingerprint density at radius 1 is 1.42 bits per heavy atom. The summed E-state index contributed by atoms with van der Waals surface area (Å²) in [4.78, 5) is -0.369. The van der Waals surface area contributed by atoms with Crippen LogP contribution in [0.1, 0.15) is 25.8 Å². The maximum Gasteiger partial charge on any atom is 0.243 e. The number of benzene rings is 1. The molecule has 0 spiro atoms. The highest BCUT2D eigenvalue weighted by molar-refractivity contribution is 9.10. The van der Waals surface area contributed by atoms with E-state index in [9.17, 15) is 12.8 Å². The second kappa shape index (κ2) is 6.78. The first kappa shape index (κ1) is 16.6. The highest BCUT2D eigenvalue weighted by Gasteiger charge is 2.21. The normalized spacial score (nSPS) is 12.1. The summed E-state index contributed by atoms with van der Waals surface area (Å²) in [5.74, 6) is -0.419. The fourth-order valence-corrected chi connectivity index (χ4v) is 3.37. The van der Waals surface area contributed by atoms with Gasteiger partial charge in [-0.15, -0.1) is 0 Å². The van der Waals surface area contributed by atoms with Crippen LogP contribution >= 0.6 is 15.9 Å². The van der Waals surface area contributed by atoms with Crippen molar-refractivity contribution in [3.05, 3.63) is 28.0 Å². The molecular weight excluding hydrogens is 335 g/mol. The topological polar surface area (TPSA) is 72.2 Å². The summed E-state index contributed by atoms with van der Waals surface area (Å²) in [7, 11) is -3.85. The summed E-state index contributed by atoms with van der Waals surface area (Å²) in [6.07, 6.45) is 0.693. The third-order valence-corrected chi connectivity index (χ3v) is 4.52. The van der Waals surface area contributed by atoms with Crippen LogP contribution in [-0.4, -0.2) is 15.0 Å². The van der Waals surface area contributed by atoms with Crippen molar-refractivity contribution >= 4 is 26.0 Å². The zero-order valence-corrected chi connectivity index (χ0v) is 13.3. The van der Waals surface area contributed by atoms with E-state index in [2.05, 4.69) is 20.7 Å². The zero-order chi connectivity index (χ0) is 14.6. The van der Waals surface area contributed by atoms with Gasteiger partial charge in [-0.1, -0.05) is 29.8 Å². The molecule has 1 rings (SSSR count). The van der Waals surface area contributed by atoms with E-state index in [1.165, 1.54) is 12.1 Å². The van der Waals surface area contributed by atoms with E-state index in [-0.39, 0.29) is 23.5 Å². The second-order valence-electron chi connectivity index (χ2n) is 4.66. The van der Waals surface area contributed by atoms with Gasteiger partial charge in [-0.05, 0) is 24.5 Å². The number of halogens is 2. The summed E-state index contributed by atoms with van der Waals surface area (Å²) in [6.45, 7) is 4.20. The minimum Gasteiger partial charge on any atom is -0.326 e. The molecule has 0 bridgehead atoms. The third kappa shape index (κ3) is 4.52. The van der Waals surface area contributed by atoms with Crippen molar-refractivity contribution in [2.75, 3.05) is 6.54 Å². The van der Waals surface area contributed by atoms with Crippen LogP contribution in [0.3, 0.4) is 0 Å². The number of sulfonamides is 1. The van der Waals surface area contributed by atoms with Crippen LogP contribution in [0.25, 0.3) is 0 Å². The molecule has 0 atom stereocenters. The lowest BCUT2D eigenvalue weighted by Crippen LogP contribution is -2.27. The number of hydrogen-bond donors (Lipinski definition) is 2. The molecule has 108 valence electrons. The second-order valence-corrected chi connectivity index (χ2v) is 7.31. The fraction of sp³-hybridized carbons (Fsp3) is 0.500. The Morgan fingerprint density at radius 3 is 2.58 bits per heavy atom. The predicted molar refractivity (Wildman–Crippen MR) is 76.6 cm³/mol. The molecule has 0 saturated heterocycles. The third-order valence-electron chi connectivity index (χ3n) is 2.60. The van der Waals surface area contributed by atoms with Crippen LogP contribution in [0.15, 0.2) is 21.5 Å². The van der Waals surface area contributed by atoms with Crippen LogP contribution in [0.4, 0.5) is 4.39 Å². The smallest absolute Gasteiger partial charge is 0.243 e. The first-order valence-corrected chi connectivity index (χ1v) is 8.23. The van der Waals surface area contributed by atoms with Crippen molar-refractivity contribution in [1.82, 2.24) is 4.72 Å². The number of nitrogens with one attached hydrogen (secondary N) is 1. The van der Waals surface area contributed by atoms with E-state index < -0.39 is 15.8 Å². The first-order valence-electron chi connectivity index (χ1n) is 5.95. The molecule has 19 heavy (non-hydrogen) atoms. The molecule has 0 amide bonds. The van der Waals surface area contributed by atoms with Gasteiger partial charge >= 0.3 is 0 Å². The Kier molecular flexibility index (Phi) is 5.91. The van der Waals surface area contributed by atoms with Crippen LogP contribution in [0.5, 0.6) is 0 Å². The summed E-state index contributed by atoms with van der Waals surface area (Å²) in [6, 6.07) is 2.72. The Morgan fingerprint density at radius 2 is 2.05 bits per heavy atom. The summed E-state index contributed by atoms with van der Waals surface area (Å²) in [5, 5.41) is 0. The van der Waals surface area contributed by atoms with Crippen molar-refractivity contribution in [2.24, 2.45) is 11.7 Å². The lowest BCUT2D eigenvalue weighted by atomic mass is 10.1. The van der Waals surface area contributed by atoms with Crippen molar-refractivity contribution in [3.63, 3.8) is 0 Å². The minimum absolute atomic E-state index is 0.0558. The lowest BCUT2D eigenvalue weighted by molar-refractivity contribution is 0.536. The minimum atomic E-state index is -3.85. The van der Waals surface area contributed by atoms with E-state index >= 15 is 0 Å². The van der Waals surface area contributed by atoms with Gasteiger partial charge in [0.15, 0.2) is 0 Å². The average Bonchev–Trinajstić information content (AvgIpc) is 2.30. The molecule has 7 heteroatoms. The molecule has 0 radical (unpaired) electrons.